The smallest absolute Gasteiger partial charge is 0.187 e. The van der Waals surface area contributed by atoms with Gasteiger partial charge in [0.25, 0.3) is 0 Å². The lowest BCUT2D eigenvalue weighted by Crippen LogP contribution is -2.68. The molecule has 40 nitrogen and oxygen atoms in total. The molecule has 0 aromatic carbocycles. The van der Waals surface area contributed by atoms with Crippen LogP contribution < -0.4 is 45.9 Å². The molecule has 0 unspecified atom stereocenters. The highest BCUT2D eigenvalue weighted by Crippen LogP contribution is 2.41. The van der Waals surface area contributed by atoms with Gasteiger partial charge < -0.3 is 203 Å². The number of nitrogens with two attached hydrogens (primary N) is 8. The summed E-state index contributed by atoms with van der Waals surface area (Å²) in [7, 11) is 0. The molecule has 30 heterocycles. The van der Waals surface area contributed by atoms with Gasteiger partial charge in [0.15, 0.2) is 50.3 Å². The van der Waals surface area contributed by atoms with Crippen molar-refractivity contribution in [2.45, 2.75) is 297 Å². The van der Waals surface area contributed by atoms with Gasteiger partial charge in [0.2, 0.25) is 0 Å². The molecule has 30 fully saturated rings. The van der Waals surface area contributed by atoms with E-state index in [0.29, 0.717) is 0 Å². The Balaban J connectivity index is 1.02. The Morgan fingerprint density at radius 3 is 0.323 bits per heavy atom. The SMILES string of the molecule is NCC[C@H]1O[C@@H]2O[C@H]3[C@H](O)[C@@H](O)[C@@H](O[C@H]4[C@H](O)[C@@H](O)[C@@H](O[C@H]5[C@H](O)[C@@H](O)[C@@H](O[C@H]6[C@H](O)[C@@H](O)[C@@H](O[C@H]7[C@H](O)[C@@H](O)[C@@H](O[C@H]8[C@H](O)[C@@H](O)[C@@H](O[C@H]9[C@H](O)[C@@H](O)[C@@H](O[C@H]1[C@H](O)[C@H]2O)O[C@@H]9CCN)O[C@@H]8CCN)O[C@@H]7CCN)O[C@@H]6CCN)O[C@@H]5CCN)O[C@@H]4CCN)O[C@@H]3CCN. The highest BCUT2D eigenvalue weighted by atomic mass is 16.8. The van der Waals surface area contributed by atoms with Crippen molar-refractivity contribution in [1.82, 2.24) is 0 Å². The van der Waals surface area contributed by atoms with Crippen molar-refractivity contribution in [2.75, 3.05) is 52.4 Å². The monoisotopic (exact) mass is 1400 g/mol. The van der Waals surface area contributed by atoms with Crippen LogP contribution in [-0.2, 0) is 75.8 Å². The molecule has 96 heavy (non-hydrogen) atoms. The maximum absolute atomic E-state index is 11.8. The lowest BCUT2D eigenvalue weighted by Gasteiger charge is -2.51. The molecule has 0 saturated carbocycles. The van der Waals surface area contributed by atoms with E-state index >= 15 is 0 Å². The molecule has 0 radical (unpaired) electrons. The summed E-state index contributed by atoms with van der Waals surface area (Å²) in [6.07, 6.45) is -71.7. The number of hydrogen-bond donors (Lipinski definition) is 24. The van der Waals surface area contributed by atoms with Gasteiger partial charge in [-0.25, -0.2) is 0 Å². The highest BCUT2D eigenvalue weighted by molar-refractivity contribution is 5.03. The van der Waals surface area contributed by atoms with Gasteiger partial charge in [-0.2, -0.15) is 0 Å². The molecule has 16 bridgehead atoms. The van der Waals surface area contributed by atoms with E-state index in [1.165, 1.54) is 0 Å². The molecule has 0 aromatic rings. The first-order valence-electron chi connectivity index (χ1n) is 32.9. The van der Waals surface area contributed by atoms with Crippen LogP contribution >= 0.6 is 0 Å². The molecule has 30 aliphatic rings. The fourth-order valence-electron chi connectivity index (χ4n) is 13.9. The van der Waals surface area contributed by atoms with Crippen LogP contribution in [0.2, 0.25) is 0 Å². The molecule has 32 N–H and O–H groups in total. The predicted octanol–water partition coefficient (Wildman–Crippen LogP) is -14.6. The molecule has 560 valence electrons. The van der Waals surface area contributed by atoms with E-state index in [4.69, 9.17) is 122 Å². The maximum atomic E-state index is 11.8. The van der Waals surface area contributed by atoms with Crippen LogP contribution in [0.1, 0.15) is 51.4 Å². The van der Waals surface area contributed by atoms with Crippen molar-refractivity contribution in [1.29, 1.82) is 0 Å². The zero-order valence-corrected chi connectivity index (χ0v) is 52.7. The first-order chi connectivity index (χ1) is 45.9. The molecule has 30 rings (SSSR count). The van der Waals surface area contributed by atoms with Crippen molar-refractivity contribution < 1.29 is 157 Å². The molecule has 0 aliphatic carbocycles. The second-order valence-electron chi connectivity index (χ2n) is 25.6. The third-order valence-corrected chi connectivity index (χ3v) is 19.1. The molecule has 30 aliphatic heterocycles. The largest absolute Gasteiger partial charge is 0.387 e. The second-order valence-corrected chi connectivity index (χ2v) is 25.6. The Labute approximate surface area is 551 Å². The normalized spacial score (nSPS) is 51.8. The molecule has 0 spiro atoms. The number of aliphatic hydroxyl groups is 16. The summed E-state index contributed by atoms with van der Waals surface area (Å²) in [5.41, 5.74) is 47.9. The van der Waals surface area contributed by atoms with Gasteiger partial charge in [-0.3, -0.25) is 0 Å². The highest BCUT2D eigenvalue weighted by Gasteiger charge is 2.60. The van der Waals surface area contributed by atoms with E-state index in [9.17, 15) is 81.7 Å². The number of hydrogen-bond acceptors (Lipinski definition) is 40. The predicted molar refractivity (Wildman–Crippen MR) is 314 cm³/mol. The summed E-state index contributed by atoms with van der Waals surface area (Å²) in [5.74, 6) is 0. The van der Waals surface area contributed by atoms with Gasteiger partial charge in [-0.1, -0.05) is 0 Å². The van der Waals surface area contributed by atoms with Gasteiger partial charge in [0.05, 0.1) is 48.8 Å². The Morgan fingerprint density at radius 1 is 0.146 bits per heavy atom. The minimum absolute atomic E-state index is 0.132. The molecule has 0 aromatic heterocycles. The lowest BCUT2D eigenvalue weighted by molar-refractivity contribution is -0.401. The average molecular weight is 1400 g/mol. The van der Waals surface area contributed by atoms with Crippen molar-refractivity contribution in [2.24, 2.45) is 45.9 Å². The molecule has 30 saturated heterocycles. The van der Waals surface area contributed by atoms with Crippen molar-refractivity contribution in [3.8, 4) is 0 Å². The maximum Gasteiger partial charge on any atom is 0.187 e. The van der Waals surface area contributed by atoms with E-state index in [1.807, 2.05) is 0 Å². The number of rotatable bonds is 16. The first-order valence-corrected chi connectivity index (χ1v) is 32.9. The van der Waals surface area contributed by atoms with Gasteiger partial charge in [-0.15, -0.1) is 0 Å². The van der Waals surface area contributed by atoms with E-state index in [2.05, 4.69) is 0 Å². The minimum Gasteiger partial charge on any atom is -0.387 e. The van der Waals surface area contributed by atoms with Gasteiger partial charge in [0.1, 0.15) is 146 Å². The van der Waals surface area contributed by atoms with E-state index in [1.54, 1.807) is 0 Å². The third-order valence-electron chi connectivity index (χ3n) is 19.1. The first kappa shape index (κ1) is 78.5. The zero-order chi connectivity index (χ0) is 69.7. The molecular weight excluding hydrogens is 1300 g/mol. The van der Waals surface area contributed by atoms with Crippen LogP contribution in [0.5, 0.6) is 0 Å². The molecule has 40 atom stereocenters. The Morgan fingerprint density at radius 2 is 0.240 bits per heavy atom. The second kappa shape index (κ2) is 35.3. The van der Waals surface area contributed by atoms with Gasteiger partial charge >= 0.3 is 0 Å². The zero-order valence-electron chi connectivity index (χ0n) is 52.7. The minimum atomic E-state index is -2.05. The van der Waals surface area contributed by atoms with Crippen molar-refractivity contribution >= 4 is 0 Å². The number of aliphatic hydroxyl groups excluding tert-OH is 16. The Hall–Kier alpha value is -1.60. The number of ether oxygens (including phenoxy) is 16. The fraction of sp³-hybridized carbons (Fsp3) is 1.00. The third kappa shape index (κ3) is 16.8. The van der Waals surface area contributed by atoms with Crippen LogP contribution in [-0.4, -0.2) is 380 Å². The summed E-state index contributed by atoms with van der Waals surface area (Å²) in [6.45, 7) is -1.13. The Kier molecular flexibility index (Phi) is 28.8. The quantitative estimate of drug-likeness (QED) is 0.0682. The standard InChI is InChI=1S/C56H104N8O32/c57-9-1-17-41-25(65)33(73)49(81-17)90-42-18(2-10-58)83-51(35(75)27(42)67)92-44-20(4-12-60)85-53(37(77)29(44)69)94-46-22(6-14-62)87-55(39(79)31(46)71)96-48-24(8-16-64)88-56(40(80)32(48)72)95-47-23(7-15-63)86-54(38(78)30(47)70)93-45-21(5-13-61)84-52(36(76)28(45)68)91-43-19(3-11-59)82-50(89-41)34(74)26(43)66/h17-56,65-80H,1-16,57-64H2/t17-,18-,19-,20-,21-,22-,23-,24-,25-,26-,27-,28-,29-,30-,31-,32-,33-,34-,35-,36-,37-,38-,39-,40-,41-,42-,43-,44-,45-,46-,47-,48-,49-,50-,51-,52-,53-,54-,55-,56-/m1/s1. The molecule has 0 amide bonds. The summed E-state index contributed by atoms with van der Waals surface area (Å²) in [4.78, 5) is 0. The van der Waals surface area contributed by atoms with Gasteiger partial charge in [-0.05, 0) is 104 Å². The van der Waals surface area contributed by atoms with Crippen LogP contribution in [0.4, 0.5) is 0 Å². The van der Waals surface area contributed by atoms with Crippen molar-refractivity contribution in [3.05, 3.63) is 0 Å². The van der Waals surface area contributed by atoms with E-state index in [0.717, 1.165) is 0 Å². The van der Waals surface area contributed by atoms with E-state index < -0.39 is 246 Å². The fourth-order valence-corrected chi connectivity index (χ4v) is 13.9. The van der Waals surface area contributed by atoms with Crippen LogP contribution in [0.15, 0.2) is 0 Å². The van der Waals surface area contributed by atoms with Crippen molar-refractivity contribution in [3.63, 3.8) is 0 Å². The van der Waals surface area contributed by atoms with Crippen LogP contribution in [0.25, 0.3) is 0 Å². The topological polar surface area (TPSA) is 680 Å². The van der Waals surface area contributed by atoms with Gasteiger partial charge in [0, 0.05) is 0 Å². The summed E-state index contributed by atoms with van der Waals surface area (Å²) >= 11 is 0. The summed E-state index contributed by atoms with van der Waals surface area (Å²) in [6, 6.07) is 0. The summed E-state index contributed by atoms with van der Waals surface area (Å²) < 4.78 is 98.2. The average Bonchev–Trinajstić information content (AvgIpc) is 0.782. The van der Waals surface area contributed by atoms with Crippen LogP contribution in [0.3, 0.4) is 0 Å². The van der Waals surface area contributed by atoms with Crippen LogP contribution in [0, 0.1) is 0 Å². The summed E-state index contributed by atoms with van der Waals surface area (Å²) in [5, 5.41) is 188. The molecule has 40 heteroatoms. The van der Waals surface area contributed by atoms with E-state index in [-0.39, 0.29) is 104 Å². The molecular formula is C56H104N8O32. The lowest BCUT2D eigenvalue weighted by atomic mass is 9.92. The Bertz CT molecular complexity index is 1870.